The molecule has 3 N–H and O–H groups in total. The molecule has 1 amide bonds. The number of carbonyl (C=O) groups is 1. The molecule has 0 aliphatic carbocycles. The van der Waals surface area contributed by atoms with E-state index in [2.05, 4.69) is 15.3 Å². The molecular formula is C17H14F3N5O2. The number of nitrogens with zero attached hydrogens (tertiary/aromatic N) is 3. The first-order valence-corrected chi connectivity index (χ1v) is 7.55. The quantitative estimate of drug-likeness (QED) is 0.612. The van der Waals surface area contributed by atoms with Crippen LogP contribution >= 0.6 is 0 Å². The summed E-state index contributed by atoms with van der Waals surface area (Å²) in [6, 6.07) is 4.35. The van der Waals surface area contributed by atoms with E-state index in [1.54, 1.807) is 6.07 Å². The Hall–Kier alpha value is -3.61. The van der Waals surface area contributed by atoms with Crippen molar-refractivity contribution < 1.29 is 22.7 Å². The number of pyridine rings is 1. The highest BCUT2D eigenvalue weighted by Gasteiger charge is 2.17. The first kappa shape index (κ1) is 19.7. The number of halogens is 3. The van der Waals surface area contributed by atoms with Crippen LogP contribution in [0.25, 0.3) is 0 Å². The lowest BCUT2D eigenvalue weighted by Gasteiger charge is -2.10. The molecule has 2 rings (SSSR count). The molecule has 1 aromatic heterocycles. The second-order valence-corrected chi connectivity index (χ2v) is 5.21. The molecule has 1 heterocycles. The minimum absolute atomic E-state index is 0.0494. The average molecular weight is 377 g/mol. The van der Waals surface area contributed by atoms with Crippen LogP contribution in [0.1, 0.15) is 21.6 Å². The van der Waals surface area contributed by atoms with Gasteiger partial charge in [0.15, 0.2) is 23.1 Å². The highest BCUT2D eigenvalue weighted by atomic mass is 19.2. The number of aromatic nitrogens is 1. The van der Waals surface area contributed by atoms with E-state index in [-0.39, 0.29) is 35.9 Å². The minimum atomic E-state index is -1.20. The molecule has 0 spiro atoms. The molecule has 0 saturated heterocycles. The zero-order valence-electron chi connectivity index (χ0n) is 14.1. The molecule has 0 bridgehead atoms. The Balaban J connectivity index is 2.19. The summed E-state index contributed by atoms with van der Waals surface area (Å²) >= 11 is 0. The minimum Gasteiger partial charge on any atom is -0.465 e. The van der Waals surface area contributed by atoms with Crippen LogP contribution in [0.5, 0.6) is 0 Å². The van der Waals surface area contributed by atoms with Gasteiger partial charge in [-0.15, -0.1) is 0 Å². The molecule has 0 fully saturated rings. The summed E-state index contributed by atoms with van der Waals surface area (Å²) in [4.78, 5) is 19.2. The predicted molar refractivity (Wildman–Crippen MR) is 90.4 cm³/mol. The number of amides is 1. The summed E-state index contributed by atoms with van der Waals surface area (Å²) in [5, 5.41) is 10.9. The maximum atomic E-state index is 13.9. The molecule has 7 nitrogen and oxygen atoms in total. The summed E-state index contributed by atoms with van der Waals surface area (Å²) in [7, 11) is 1.40. The Morgan fingerprint density at radius 1 is 1.33 bits per heavy atom. The van der Waals surface area contributed by atoms with Gasteiger partial charge >= 0.3 is 0 Å². The van der Waals surface area contributed by atoms with E-state index in [1.807, 2.05) is 0 Å². The van der Waals surface area contributed by atoms with E-state index in [0.717, 1.165) is 18.3 Å². The van der Waals surface area contributed by atoms with Crippen molar-refractivity contribution in [2.75, 3.05) is 19.0 Å². The van der Waals surface area contributed by atoms with Crippen molar-refractivity contribution in [1.82, 2.24) is 4.98 Å². The number of hydrogen-bond acceptors (Lipinski definition) is 5. The van der Waals surface area contributed by atoms with Crippen LogP contribution < -0.4 is 11.1 Å². The standard InChI is InChI=1S/C17H14F3N5O2/c1-23-17(22)27-3-2-10-5-11(6-12(18)14(10)20)25-16(26)15-13(19)4-9(7-21)8-24-15/h4-6,8H,2-3H2,1H3,(H2,22,23)(H,25,26). The summed E-state index contributed by atoms with van der Waals surface area (Å²) in [6.45, 7) is -0.0667. The van der Waals surface area contributed by atoms with E-state index >= 15 is 0 Å². The fourth-order valence-corrected chi connectivity index (χ4v) is 2.09. The van der Waals surface area contributed by atoms with Crippen LogP contribution in [-0.4, -0.2) is 30.6 Å². The Labute approximate surface area is 152 Å². The number of ether oxygens (including phenoxy) is 1. The maximum Gasteiger partial charge on any atom is 0.281 e. The van der Waals surface area contributed by atoms with E-state index in [9.17, 15) is 18.0 Å². The first-order valence-electron chi connectivity index (χ1n) is 7.55. The highest BCUT2D eigenvalue weighted by molar-refractivity contribution is 6.03. The summed E-state index contributed by atoms with van der Waals surface area (Å²) < 4.78 is 46.5. The van der Waals surface area contributed by atoms with Crippen molar-refractivity contribution in [3.8, 4) is 6.07 Å². The predicted octanol–water partition coefficient (Wildman–Crippen LogP) is 2.13. The van der Waals surface area contributed by atoms with E-state index in [0.29, 0.717) is 0 Å². The lowest BCUT2D eigenvalue weighted by atomic mass is 10.1. The van der Waals surface area contributed by atoms with Gasteiger partial charge < -0.3 is 15.8 Å². The molecule has 1 aromatic carbocycles. The fraction of sp³-hybridized carbons (Fsp3) is 0.176. The number of rotatable bonds is 5. The Morgan fingerprint density at radius 2 is 2.07 bits per heavy atom. The highest BCUT2D eigenvalue weighted by Crippen LogP contribution is 2.20. The number of nitriles is 1. The van der Waals surface area contributed by atoms with Gasteiger partial charge in [-0.3, -0.25) is 4.79 Å². The molecule has 27 heavy (non-hydrogen) atoms. The van der Waals surface area contributed by atoms with Gasteiger partial charge in [-0.2, -0.15) is 5.26 Å². The normalized spacial score (nSPS) is 11.0. The average Bonchev–Trinajstić information content (AvgIpc) is 2.64. The number of nitrogens with two attached hydrogens (primary N) is 1. The van der Waals surface area contributed by atoms with Gasteiger partial charge in [0, 0.05) is 31.4 Å². The van der Waals surface area contributed by atoms with Crippen LogP contribution in [0.15, 0.2) is 29.4 Å². The Bertz CT molecular complexity index is 941. The van der Waals surface area contributed by atoms with Crippen LogP contribution in [0.3, 0.4) is 0 Å². The number of aliphatic imine (C=N–C) groups is 1. The second kappa shape index (κ2) is 8.66. The third-order valence-corrected chi connectivity index (χ3v) is 3.39. The van der Waals surface area contributed by atoms with Gasteiger partial charge in [0.05, 0.1) is 12.2 Å². The molecular weight excluding hydrogens is 363 g/mol. The zero-order chi connectivity index (χ0) is 20.0. The van der Waals surface area contributed by atoms with Crippen molar-refractivity contribution >= 4 is 17.6 Å². The zero-order valence-corrected chi connectivity index (χ0v) is 14.1. The summed E-state index contributed by atoms with van der Waals surface area (Å²) in [5.74, 6) is -4.30. The van der Waals surface area contributed by atoms with Crippen molar-refractivity contribution in [3.05, 3.63) is 58.7 Å². The van der Waals surface area contributed by atoms with Crippen molar-refractivity contribution in [1.29, 1.82) is 5.26 Å². The van der Waals surface area contributed by atoms with Gasteiger partial charge in [0.2, 0.25) is 0 Å². The lowest BCUT2D eigenvalue weighted by molar-refractivity contribution is 0.101. The molecule has 10 heteroatoms. The lowest BCUT2D eigenvalue weighted by Crippen LogP contribution is -2.18. The second-order valence-electron chi connectivity index (χ2n) is 5.21. The molecule has 0 saturated carbocycles. The van der Waals surface area contributed by atoms with Crippen molar-refractivity contribution in [2.24, 2.45) is 10.7 Å². The SMILES string of the molecule is CN=C(N)OCCc1cc(NC(=O)c2ncc(C#N)cc2F)cc(F)c1F. The first-order chi connectivity index (χ1) is 12.8. The maximum absolute atomic E-state index is 13.9. The molecule has 0 atom stereocenters. The van der Waals surface area contributed by atoms with Crippen LogP contribution in [0.4, 0.5) is 18.9 Å². The van der Waals surface area contributed by atoms with Gasteiger partial charge in [-0.05, 0) is 17.7 Å². The van der Waals surface area contributed by atoms with Gasteiger partial charge in [-0.25, -0.2) is 23.1 Å². The molecule has 0 radical (unpaired) electrons. The van der Waals surface area contributed by atoms with Crippen molar-refractivity contribution in [2.45, 2.75) is 6.42 Å². The molecule has 2 aromatic rings. The molecule has 0 unspecified atom stereocenters. The smallest absolute Gasteiger partial charge is 0.281 e. The number of anilines is 1. The van der Waals surface area contributed by atoms with Crippen molar-refractivity contribution in [3.63, 3.8) is 0 Å². The number of amidine groups is 1. The number of nitrogens with one attached hydrogen (secondary N) is 1. The topological polar surface area (TPSA) is 113 Å². The number of hydrogen-bond donors (Lipinski definition) is 2. The van der Waals surface area contributed by atoms with E-state index < -0.39 is 29.1 Å². The molecule has 0 aliphatic heterocycles. The van der Waals surface area contributed by atoms with Crippen LogP contribution in [0.2, 0.25) is 0 Å². The largest absolute Gasteiger partial charge is 0.465 e. The molecule has 140 valence electrons. The van der Waals surface area contributed by atoms with E-state index in [4.69, 9.17) is 15.7 Å². The fourth-order valence-electron chi connectivity index (χ4n) is 2.09. The third kappa shape index (κ3) is 4.94. The third-order valence-electron chi connectivity index (χ3n) is 3.39. The van der Waals surface area contributed by atoms with Crippen LogP contribution in [-0.2, 0) is 11.2 Å². The van der Waals surface area contributed by atoms with Gasteiger partial charge in [0.25, 0.3) is 11.9 Å². The number of benzene rings is 1. The van der Waals surface area contributed by atoms with Gasteiger partial charge in [-0.1, -0.05) is 0 Å². The summed E-state index contributed by atoms with van der Waals surface area (Å²) in [5.41, 5.74) is 4.51. The number of carbonyl (C=O) groups excluding carboxylic acids is 1. The molecule has 0 aliphatic rings. The van der Waals surface area contributed by atoms with Gasteiger partial charge in [0.1, 0.15) is 6.07 Å². The van der Waals surface area contributed by atoms with E-state index in [1.165, 1.54) is 13.1 Å². The Morgan fingerprint density at radius 3 is 2.70 bits per heavy atom. The monoisotopic (exact) mass is 377 g/mol. The Kier molecular flexibility index (Phi) is 6.32. The van der Waals surface area contributed by atoms with Crippen LogP contribution in [0, 0.1) is 28.8 Å². The summed E-state index contributed by atoms with van der Waals surface area (Å²) in [6.07, 6.45) is 0.970.